The van der Waals surface area contributed by atoms with Crippen LogP contribution in [0.5, 0.6) is 5.75 Å². The average Bonchev–Trinajstić information content (AvgIpc) is 2.76. The van der Waals surface area contributed by atoms with E-state index < -0.39 is 89.6 Å². The predicted octanol–water partition coefficient (Wildman–Crippen LogP) is 0.957. The monoisotopic (exact) mass is 483 g/mol. The topological polar surface area (TPSA) is 217 Å². The van der Waals surface area contributed by atoms with Crippen molar-refractivity contribution in [2.24, 2.45) is 17.8 Å². The molecule has 0 aromatic heterocycles. The highest BCUT2D eigenvalue weighted by atomic mass is 16.7. The van der Waals surface area contributed by atoms with Crippen LogP contribution >= 0.6 is 0 Å². The van der Waals surface area contributed by atoms with Crippen LogP contribution in [0.2, 0.25) is 0 Å². The van der Waals surface area contributed by atoms with Crippen molar-refractivity contribution in [3.05, 3.63) is 33.9 Å². The van der Waals surface area contributed by atoms with Crippen LogP contribution in [0.15, 0.2) is 18.2 Å². The number of esters is 1. The highest BCUT2D eigenvalue weighted by Gasteiger charge is 2.52. The molecule has 0 saturated carbocycles. The molecule has 5 atom stereocenters. The number of carboxylic acids is 3. The van der Waals surface area contributed by atoms with E-state index in [4.69, 9.17) is 9.47 Å². The van der Waals surface area contributed by atoms with E-state index in [0.29, 0.717) is 6.29 Å². The van der Waals surface area contributed by atoms with Gasteiger partial charge < -0.3 is 29.5 Å². The average molecular weight is 483 g/mol. The Morgan fingerprint density at radius 2 is 1.59 bits per heavy atom. The largest absolute Gasteiger partial charge is 0.481 e. The van der Waals surface area contributed by atoms with Crippen LogP contribution in [0.4, 0.5) is 5.69 Å². The molecule has 1 saturated heterocycles. The van der Waals surface area contributed by atoms with Crippen molar-refractivity contribution >= 4 is 35.9 Å². The van der Waals surface area contributed by atoms with Crippen molar-refractivity contribution in [1.82, 2.24) is 0 Å². The van der Waals surface area contributed by atoms with E-state index in [9.17, 15) is 49.4 Å². The molecule has 1 fully saturated rings. The maximum Gasteiger partial charge on any atom is 0.335 e. The molecule has 14 heteroatoms. The summed E-state index contributed by atoms with van der Waals surface area (Å²) >= 11 is 0. The number of rotatable bonds is 11. The Bertz CT molecular complexity index is 991. The summed E-state index contributed by atoms with van der Waals surface area (Å²) in [6, 6.07) is 3.15. The first-order valence-electron chi connectivity index (χ1n) is 9.77. The van der Waals surface area contributed by atoms with E-state index in [0.717, 1.165) is 19.2 Å². The zero-order chi connectivity index (χ0) is 25.6. The molecular formula is C20H21NO13. The van der Waals surface area contributed by atoms with Gasteiger partial charge in [0.2, 0.25) is 6.29 Å². The van der Waals surface area contributed by atoms with Crippen molar-refractivity contribution in [3.8, 4) is 5.75 Å². The van der Waals surface area contributed by atoms with Crippen LogP contribution in [0.1, 0.15) is 29.6 Å². The van der Waals surface area contributed by atoms with E-state index in [-0.39, 0.29) is 5.56 Å². The van der Waals surface area contributed by atoms with E-state index in [1.54, 1.807) is 0 Å². The van der Waals surface area contributed by atoms with Gasteiger partial charge in [-0.05, 0) is 18.1 Å². The van der Waals surface area contributed by atoms with E-state index in [1.807, 2.05) is 0 Å². The molecule has 34 heavy (non-hydrogen) atoms. The number of methoxy groups -OCH3 is 1. The standard InChI is InChI=1S/C20H21NO13/c1-32-19(29)18-11(6-16(25)26)10(5-15(23)24)12(7-17(27)28)20(34-18)33-14-3-2-9(8-22)4-13(14)21(30)31/h2-4,8,10-12,18,20H,5-7H2,1H3,(H,23,24)(H,25,26)(H,27,28). The lowest BCUT2D eigenvalue weighted by Crippen LogP contribution is -2.54. The molecule has 2 rings (SSSR count). The Labute approximate surface area is 191 Å². The molecule has 14 nitrogen and oxygen atoms in total. The Kier molecular flexibility index (Phi) is 8.61. The summed E-state index contributed by atoms with van der Waals surface area (Å²) in [7, 11) is 0.984. The van der Waals surface area contributed by atoms with Crippen LogP contribution in [0.25, 0.3) is 0 Å². The number of aliphatic carboxylic acids is 3. The fourth-order valence-corrected chi connectivity index (χ4v) is 3.94. The molecule has 0 aliphatic carbocycles. The summed E-state index contributed by atoms with van der Waals surface area (Å²) in [5.41, 5.74) is -0.720. The molecular weight excluding hydrogens is 462 g/mol. The quantitative estimate of drug-likeness (QED) is 0.173. The Balaban J connectivity index is 2.59. The lowest BCUT2D eigenvalue weighted by atomic mass is 9.71. The van der Waals surface area contributed by atoms with Gasteiger partial charge in [0.25, 0.3) is 0 Å². The number of carboxylic acid groups (broad SMARTS) is 3. The Hall–Kier alpha value is -4.07. The van der Waals surface area contributed by atoms with E-state index >= 15 is 0 Å². The minimum absolute atomic E-state index is 0.0524. The second kappa shape index (κ2) is 11.2. The number of carbonyl (C=O) groups is 5. The number of carbonyl (C=O) groups excluding carboxylic acids is 2. The SMILES string of the molecule is COC(=O)C1OC(Oc2ccc(C=O)cc2[N+](=O)[O-])C(CC(=O)O)C(CC(=O)O)C1CC(=O)O. The van der Waals surface area contributed by atoms with Gasteiger partial charge in [-0.25, -0.2) is 4.79 Å². The fourth-order valence-electron chi connectivity index (χ4n) is 3.94. The molecule has 1 aromatic rings. The van der Waals surface area contributed by atoms with Crippen molar-refractivity contribution in [2.45, 2.75) is 31.7 Å². The third-order valence-corrected chi connectivity index (χ3v) is 5.34. The summed E-state index contributed by atoms with van der Waals surface area (Å²) in [5, 5.41) is 39.5. The van der Waals surface area contributed by atoms with Crippen LogP contribution in [-0.4, -0.2) is 69.9 Å². The molecule has 0 bridgehead atoms. The number of aldehydes is 1. The lowest BCUT2D eigenvalue weighted by Gasteiger charge is -2.44. The smallest absolute Gasteiger partial charge is 0.335 e. The van der Waals surface area contributed by atoms with Crippen LogP contribution in [0.3, 0.4) is 0 Å². The number of nitrogens with zero attached hydrogens (tertiary/aromatic N) is 1. The third kappa shape index (κ3) is 6.25. The van der Waals surface area contributed by atoms with Crippen LogP contribution < -0.4 is 4.74 Å². The predicted molar refractivity (Wildman–Crippen MR) is 107 cm³/mol. The van der Waals surface area contributed by atoms with Gasteiger partial charge in [0.15, 0.2) is 11.9 Å². The molecule has 0 spiro atoms. The first-order chi connectivity index (χ1) is 16.0. The second-order valence-corrected chi connectivity index (χ2v) is 7.45. The van der Waals surface area contributed by atoms with Crippen molar-refractivity contribution < 1.29 is 58.4 Å². The normalized spacial score (nSPS) is 24.0. The zero-order valence-corrected chi connectivity index (χ0v) is 17.7. The lowest BCUT2D eigenvalue weighted by molar-refractivity contribution is -0.386. The second-order valence-electron chi connectivity index (χ2n) is 7.45. The molecule has 1 aliphatic rings. The molecule has 1 aromatic carbocycles. The Morgan fingerprint density at radius 3 is 2.09 bits per heavy atom. The molecule has 184 valence electrons. The molecule has 0 radical (unpaired) electrons. The van der Waals surface area contributed by atoms with E-state index in [2.05, 4.69) is 4.74 Å². The summed E-state index contributed by atoms with van der Waals surface area (Å²) in [6.07, 6.45) is -5.24. The van der Waals surface area contributed by atoms with Gasteiger partial charge in [-0.3, -0.25) is 29.3 Å². The zero-order valence-electron chi connectivity index (χ0n) is 17.7. The fraction of sp³-hybridized carbons (Fsp3) is 0.450. The van der Waals surface area contributed by atoms with Crippen molar-refractivity contribution in [3.63, 3.8) is 0 Å². The summed E-state index contributed by atoms with van der Waals surface area (Å²) in [6.45, 7) is 0. The number of hydrogen-bond acceptors (Lipinski definition) is 10. The number of nitro benzene ring substituents is 1. The summed E-state index contributed by atoms with van der Waals surface area (Å²) < 4.78 is 15.8. The molecule has 5 unspecified atom stereocenters. The van der Waals surface area contributed by atoms with Gasteiger partial charge in [-0.15, -0.1) is 0 Å². The highest BCUT2D eigenvalue weighted by molar-refractivity contribution is 5.78. The minimum atomic E-state index is -1.70. The maximum absolute atomic E-state index is 12.4. The van der Waals surface area contributed by atoms with E-state index in [1.165, 1.54) is 6.07 Å². The van der Waals surface area contributed by atoms with Gasteiger partial charge in [-0.1, -0.05) is 0 Å². The molecule has 1 aliphatic heterocycles. The van der Waals surface area contributed by atoms with Gasteiger partial charge in [0.05, 0.1) is 24.9 Å². The number of nitro groups is 1. The number of ether oxygens (including phenoxy) is 3. The van der Waals surface area contributed by atoms with Gasteiger partial charge in [-0.2, -0.15) is 0 Å². The molecule has 1 heterocycles. The maximum atomic E-state index is 12.4. The molecule has 0 amide bonds. The van der Waals surface area contributed by atoms with Crippen LogP contribution in [-0.2, 0) is 28.7 Å². The first kappa shape index (κ1) is 26.2. The number of benzene rings is 1. The highest BCUT2D eigenvalue weighted by Crippen LogP contribution is 2.43. The van der Waals surface area contributed by atoms with Crippen LogP contribution in [0, 0.1) is 27.9 Å². The molecule has 3 N–H and O–H groups in total. The number of hydrogen-bond donors (Lipinski definition) is 3. The van der Waals surface area contributed by atoms with Gasteiger partial charge in [0, 0.05) is 29.9 Å². The van der Waals surface area contributed by atoms with Gasteiger partial charge >= 0.3 is 29.6 Å². The van der Waals surface area contributed by atoms with Gasteiger partial charge in [0.1, 0.15) is 6.29 Å². The minimum Gasteiger partial charge on any atom is -0.481 e. The third-order valence-electron chi connectivity index (χ3n) is 5.34. The summed E-state index contributed by atoms with van der Waals surface area (Å²) in [5.74, 6) is -9.57. The van der Waals surface area contributed by atoms with Crippen molar-refractivity contribution in [1.29, 1.82) is 0 Å². The summed E-state index contributed by atoms with van der Waals surface area (Å²) in [4.78, 5) is 68.4. The Morgan fingerprint density at radius 1 is 1.03 bits per heavy atom. The first-order valence-corrected chi connectivity index (χ1v) is 9.77. The van der Waals surface area contributed by atoms with Crippen molar-refractivity contribution in [2.75, 3.05) is 7.11 Å².